The molecule has 5 N–H and O–H groups in total. The van der Waals surface area contributed by atoms with Gasteiger partial charge in [-0.05, 0) is 51.8 Å². The number of phenols is 1. The molecule has 0 saturated carbocycles. The molecule has 0 fully saturated rings. The third kappa shape index (κ3) is 3.12. The van der Waals surface area contributed by atoms with Crippen molar-refractivity contribution in [1.82, 2.24) is 9.97 Å². The average Bonchev–Trinajstić information content (AvgIpc) is 2.36. The highest BCUT2D eigenvalue weighted by Crippen LogP contribution is 2.30. The number of nitrogens with zero attached hydrogens (tertiary/aromatic N) is 2. The van der Waals surface area contributed by atoms with E-state index in [-0.39, 0.29) is 5.95 Å². The average molecular weight is 384 g/mol. The maximum atomic E-state index is 9.86. The number of nitrogen functional groups attached to an aromatic ring is 2. The molecular weight excluding hydrogens is 367 g/mol. The van der Waals surface area contributed by atoms with E-state index in [0.29, 0.717) is 23.9 Å². The fourth-order valence-corrected chi connectivity index (χ4v) is 2.62. The summed E-state index contributed by atoms with van der Waals surface area (Å²) in [5.74, 6) is 1.19. The second-order valence-electron chi connectivity index (χ2n) is 4.97. The first kappa shape index (κ1) is 14.8. The lowest BCUT2D eigenvalue weighted by atomic mass is 9.93. The zero-order chi connectivity index (χ0) is 14.9. The second kappa shape index (κ2) is 5.82. The molecular formula is C14H17IN4O. The number of anilines is 2. The smallest absolute Gasteiger partial charge is 0.221 e. The van der Waals surface area contributed by atoms with Crippen LogP contribution in [0.1, 0.15) is 36.5 Å². The van der Waals surface area contributed by atoms with Crippen LogP contribution in [0.4, 0.5) is 11.8 Å². The number of aromatic hydroxyl groups is 1. The molecule has 0 unspecified atom stereocenters. The van der Waals surface area contributed by atoms with Gasteiger partial charge >= 0.3 is 0 Å². The Labute approximate surface area is 131 Å². The first-order valence-electron chi connectivity index (χ1n) is 6.26. The number of hydrogen-bond donors (Lipinski definition) is 3. The number of benzene rings is 1. The Morgan fingerprint density at radius 2 is 1.95 bits per heavy atom. The molecule has 1 heterocycles. The third-order valence-electron chi connectivity index (χ3n) is 3.13. The highest BCUT2D eigenvalue weighted by molar-refractivity contribution is 14.1. The van der Waals surface area contributed by atoms with Gasteiger partial charge in [0, 0.05) is 18.2 Å². The van der Waals surface area contributed by atoms with Crippen LogP contribution in [0.2, 0.25) is 0 Å². The number of rotatable bonds is 3. The Balaban J connectivity index is 2.44. The van der Waals surface area contributed by atoms with Gasteiger partial charge in [-0.25, -0.2) is 4.98 Å². The Bertz CT molecular complexity index is 643. The Morgan fingerprint density at radius 3 is 2.55 bits per heavy atom. The van der Waals surface area contributed by atoms with Crippen molar-refractivity contribution in [1.29, 1.82) is 0 Å². The fraction of sp³-hybridized carbons (Fsp3) is 0.286. The van der Waals surface area contributed by atoms with Gasteiger partial charge < -0.3 is 16.6 Å². The van der Waals surface area contributed by atoms with Crippen LogP contribution in [0.5, 0.6) is 5.75 Å². The van der Waals surface area contributed by atoms with Crippen LogP contribution in [0.25, 0.3) is 0 Å². The summed E-state index contributed by atoms with van der Waals surface area (Å²) in [5.41, 5.74) is 14.4. The third-order valence-corrected chi connectivity index (χ3v) is 3.99. The summed E-state index contributed by atoms with van der Waals surface area (Å²) in [5, 5.41) is 9.86. The summed E-state index contributed by atoms with van der Waals surface area (Å²) in [4.78, 5) is 7.96. The van der Waals surface area contributed by atoms with Crippen LogP contribution < -0.4 is 11.5 Å². The van der Waals surface area contributed by atoms with Gasteiger partial charge in [0.05, 0.1) is 3.57 Å². The lowest BCUT2D eigenvalue weighted by molar-refractivity contribution is 0.470. The second-order valence-corrected chi connectivity index (χ2v) is 6.13. The lowest BCUT2D eigenvalue weighted by Gasteiger charge is -2.15. The minimum Gasteiger partial charge on any atom is -0.507 e. The Hall–Kier alpha value is -1.57. The van der Waals surface area contributed by atoms with Crippen LogP contribution in [0, 0.1) is 3.57 Å². The largest absolute Gasteiger partial charge is 0.507 e. The standard InChI is InChI=1S/C14H17IN4O/c1-7(2)10-5-12(20)11(15)4-8(10)3-9-6-18-14(17)19-13(9)16/h4-7,20H,3H2,1-2H3,(H4,16,17,18,19). The maximum absolute atomic E-state index is 9.86. The zero-order valence-corrected chi connectivity index (χ0v) is 13.5. The van der Waals surface area contributed by atoms with Crippen LogP contribution in [0.15, 0.2) is 18.3 Å². The van der Waals surface area contributed by atoms with Crippen LogP contribution >= 0.6 is 22.6 Å². The number of nitrogens with two attached hydrogens (primary N) is 2. The molecule has 0 aliphatic carbocycles. The van der Waals surface area contributed by atoms with Crippen LogP contribution in [-0.2, 0) is 6.42 Å². The van der Waals surface area contributed by atoms with Crippen molar-refractivity contribution in [2.24, 2.45) is 0 Å². The molecule has 0 amide bonds. The van der Waals surface area contributed by atoms with Crippen molar-refractivity contribution in [2.45, 2.75) is 26.2 Å². The van der Waals surface area contributed by atoms with E-state index in [4.69, 9.17) is 11.5 Å². The minimum atomic E-state index is 0.176. The molecule has 106 valence electrons. The number of hydrogen-bond acceptors (Lipinski definition) is 5. The van der Waals surface area contributed by atoms with Gasteiger partial charge in [-0.1, -0.05) is 13.8 Å². The first-order valence-corrected chi connectivity index (χ1v) is 7.34. The summed E-state index contributed by atoms with van der Waals surface area (Å²) >= 11 is 2.11. The SMILES string of the molecule is CC(C)c1cc(O)c(I)cc1Cc1cnc(N)nc1N. The zero-order valence-electron chi connectivity index (χ0n) is 11.4. The predicted octanol–water partition coefficient (Wildman–Crippen LogP) is 2.67. The predicted molar refractivity (Wildman–Crippen MR) is 88.6 cm³/mol. The molecule has 20 heavy (non-hydrogen) atoms. The summed E-state index contributed by atoms with van der Waals surface area (Å²) in [7, 11) is 0. The van der Waals surface area contributed by atoms with Gasteiger partial charge in [-0.15, -0.1) is 0 Å². The molecule has 0 radical (unpaired) electrons. The van der Waals surface area contributed by atoms with Gasteiger partial charge in [0.15, 0.2) is 0 Å². The molecule has 1 aromatic heterocycles. The van der Waals surface area contributed by atoms with Crippen molar-refractivity contribution in [3.05, 3.63) is 38.6 Å². The number of aromatic nitrogens is 2. The fourth-order valence-electron chi connectivity index (χ4n) is 2.09. The molecule has 0 saturated heterocycles. The highest BCUT2D eigenvalue weighted by atomic mass is 127. The van der Waals surface area contributed by atoms with E-state index in [1.54, 1.807) is 6.20 Å². The van der Waals surface area contributed by atoms with E-state index < -0.39 is 0 Å². The summed E-state index contributed by atoms with van der Waals surface area (Å²) in [6.45, 7) is 4.18. The monoisotopic (exact) mass is 384 g/mol. The summed E-state index contributed by atoms with van der Waals surface area (Å²) in [6, 6.07) is 3.79. The molecule has 0 atom stereocenters. The molecule has 2 aromatic rings. The quantitative estimate of drug-likeness (QED) is 0.707. The Kier molecular flexibility index (Phi) is 4.32. The normalized spacial score (nSPS) is 11.0. The van der Waals surface area contributed by atoms with Gasteiger partial charge in [0.25, 0.3) is 0 Å². The van der Waals surface area contributed by atoms with Gasteiger partial charge in [0.2, 0.25) is 5.95 Å². The molecule has 0 aliphatic rings. The van der Waals surface area contributed by atoms with Crippen molar-refractivity contribution in [2.75, 3.05) is 11.5 Å². The molecule has 5 nitrogen and oxygen atoms in total. The van der Waals surface area contributed by atoms with E-state index in [1.807, 2.05) is 12.1 Å². The van der Waals surface area contributed by atoms with Crippen molar-refractivity contribution < 1.29 is 5.11 Å². The van der Waals surface area contributed by atoms with Crippen LogP contribution in [-0.4, -0.2) is 15.1 Å². The molecule has 0 bridgehead atoms. The summed E-state index contributed by atoms with van der Waals surface area (Å²) in [6.07, 6.45) is 2.28. The van der Waals surface area contributed by atoms with E-state index in [9.17, 15) is 5.11 Å². The Morgan fingerprint density at radius 1 is 1.25 bits per heavy atom. The highest BCUT2D eigenvalue weighted by Gasteiger charge is 2.13. The summed E-state index contributed by atoms with van der Waals surface area (Å²) < 4.78 is 0.817. The molecule has 0 spiro atoms. The topological polar surface area (TPSA) is 98.0 Å². The van der Waals surface area contributed by atoms with Gasteiger partial charge in [0.1, 0.15) is 11.6 Å². The molecule has 0 aliphatic heterocycles. The first-order chi connectivity index (χ1) is 9.38. The van der Waals surface area contributed by atoms with E-state index >= 15 is 0 Å². The molecule has 1 aromatic carbocycles. The molecule has 2 rings (SSSR count). The minimum absolute atomic E-state index is 0.176. The van der Waals surface area contributed by atoms with Gasteiger partial charge in [-0.3, -0.25) is 0 Å². The maximum Gasteiger partial charge on any atom is 0.221 e. The number of halogens is 1. The van der Waals surface area contributed by atoms with E-state index in [0.717, 1.165) is 20.3 Å². The van der Waals surface area contributed by atoms with Gasteiger partial charge in [-0.2, -0.15) is 4.98 Å². The lowest BCUT2D eigenvalue weighted by Crippen LogP contribution is -2.06. The molecule has 6 heteroatoms. The van der Waals surface area contributed by atoms with E-state index in [1.165, 1.54) is 0 Å². The van der Waals surface area contributed by atoms with Crippen molar-refractivity contribution >= 4 is 34.4 Å². The van der Waals surface area contributed by atoms with E-state index in [2.05, 4.69) is 46.4 Å². The van der Waals surface area contributed by atoms with Crippen molar-refractivity contribution in [3.63, 3.8) is 0 Å². The van der Waals surface area contributed by atoms with Crippen LogP contribution in [0.3, 0.4) is 0 Å². The number of phenolic OH excluding ortho intramolecular Hbond substituents is 1. The van der Waals surface area contributed by atoms with Crippen molar-refractivity contribution in [3.8, 4) is 5.75 Å².